The largest absolute Gasteiger partial charge is 0.487 e. The summed E-state index contributed by atoms with van der Waals surface area (Å²) in [5, 5.41) is 20.5. The summed E-state index contributed by atoms with van der Waals surface area (Å²) in [5.41, 5.74) is 1.79. The Hall–Kier alpha value is -3.43. The van der Waals surface area contributed by atoms with Crippen molar-refractivity contribution in [1.29, 1.82) is 0 Å². The summed E-state index contributed by atoms with van der Waals surface area (Å²) in [6.45, 7) is 5.26. The topological polar surface area (TPSA) is 128 Å². The molecule has 1 aromatic carbocycles. The third kappa shape index (κ3) is 4.60. The number of nitro groups is 1. The van der Waals surface area contributed by atoms with Crippen LogP contribution in [-0.2, 0) is 11.8 Å². The minimum atomic E-state index is -0.623. The first-order valence-corrected chi connectivity index (χ1v) is 8.24. The number of nitrogens with zero attached hydrogens (tertiary/aromatic N) is 3. The third-order valence-electron chi connectivity index (χ3n) is 3.90. The number of aromatic nitrogens is 2. The van der Waals surface area contributed by atoms with E-state index >= 15 is 0 Å². The van der Waals surface area contributed by atoms with Gasteiger partial charge in [0.15, 0.2) is 5.75 Å². The van der Waals surface area contributed by atoms with Gasteiger partial charge >= 0.3 is 5.69 Å². The fourth-order valence-electron chi connectivity index (χ4n) is 2.48. The zero-order chi connectivity index (χ0) is 20.1. The van der Waals surface area contributed by atoms with Crippen molar-refractivity contribution in [2.75, 3.05) is 18.5 Å². The quantitative estimate of drug-likeness (QED) is 0.560. The van der Waals surface area contributed by atoms with Crippen LogP contribution in [0.3, 0.4) is 0 Å². The van der Waals surface area contributed by atoms with Crippen molar-refractivity contribution in [2.45, 2.75) is 20.8 Å². The summed E-state index contributed by atoms with van der Waals surface area (Å²) >= 11 is 0. The van der Waals surface area contributed by atoms with Crippen molar-refractivity contribution >= 4 is 23.2 Å². The molecule has 27 heavy (non-hydrogen) atoms. The Labute approximate surface area is 155 Å². The molecule has 0 aliphatic heterocycles. The first kappa shape index (κ1) is 19.9. The molecule has 1 heterocycles. The molecule has 2 aromatic rings. The van der Waals surface area contributed by atoms with Crippen LogP contribution in [0.1, 0.15) is 28.7 Å². The van der Waals surface area contributed by atoms with Gasteiger partial charge in [0.25, 0.3) is 5.91 Å². The van der Waals surface area contributed by atoms with E-state index in [9.17, 15) is 19.7 Å². The normalized spacial score (nSPS) is 10.4. The second-order valence-corrected chi connectivity index (χ2v) is 5.77. The van der Waals surface area contributed by atoms with E-state index in [2.05, 4.69) is 15.7 Å². The average molecular weight is 375 g/mol. The number of rotatable bonds is 7. The fourth-order valence-corrected chi connectivity index (χ4v) is 2.48. The first-order chi connectivity index (χ1) is 12.7. The standard InChI is InChI=1S/C17H21N5O5/c1-5-27-14-7-6-12(8-13(14)22(25)26)17(24)18-9-15(23)19-16-10(2)20-21(4)11(16)3/h6-8H,5,9H2,1-4H3,(H,18,24)(H,19,23). The predicted molar refractivity (Wildman–Crippen MR) is 97.9 cm³/mol. The van der Waals surface area contributed by atoms with Crippen molar-refractivity contribution in [1.82, 2.24) is 15.1 Å². The van der Waals surface area contributed by atoms with Gasteiger partial charge in [-0.25, -0.2) is 0 Å². The lowest BCUT2D eigenvalue weighted by Crippen LogP contribution is -2.33. The van der Waals surface area contributed by atoms with Crippen molar-refractivity contribution in [2.24, 2.45) is 7.05 Å². The zero-order valence-corrected chi connectivity index (χ0v) is 15.5. The van der Waals surface area contributed by atoms with Gasteiger partial charge in [0.2, 0.25) is 5.91 Å². The maximum absolute atomic E-state index is 12.2. The van der Waals surface area contributed by atoms with Gasteiger partial charge < -0.3 is 15.4 Å². The Morgan fingerprint density at radius 2 is 2.04 bits per heavy atom. The highest BCUT2D eigenvalue weighted by molar-refractivity contribution is 6.00. The Morgan fingerprint density at radius 1 is 1.33 bits per heavy atom. The van der Waals surface area contributed by atoms with Gasteiger partial charge in [-0.05, 0) is 32.9 Å². The summed E-state index contributed by atoms with van der Waals surface area (Å²) in [4.78, 5) is 34.8. The van der Waals surface area contributed by atoms with Crippen LogP contribution in [0, 0.1) is 24.0 Å². The molecular weight excluding hydrogens is 354 g/mol. The van der Waals surface area contributed by atoms with E-state index in [1.807, 2.05) is 6.92 Å². The number of aryl methyl sites for hydroxylation is 2. The van der Waals surface area contributed by atoms with E-state index in [-0.39, 0.29) is 30.2 Å². The Balaban J connectivity index is 2.03. The molecule has 0 bridgehead atoms. The highest BCUT2D eigenvalue weighted by Crippen LogP contribution is 2.28. The van der Waals surface area contributed by atoms with E-state index in [4.69, 9.17) is 4.74 Å². The molecule has 0 radical (unpaired) electrons. The summed E-state index contributed by atoms with van der Waals surface area (Å²) in [5.74, 6) is -0.946. The molecule has 0 aliphatic carbocycles. The molecule has 2 rings (SSSR count). The van der Waals surface area contributed by atoms with Gasteiger partial charge in [0.1, 0.15) is 0 Å². The smallest absolute Gasteiger partial charge is 0.311 e. The van der Waals surface area contributed by atoms with Crippen molar-refractivity contribution in [3.05, 3.63) is 45.3 Å². The predicted octanol–water partition coefficient (Wildman–Crippen LogP) is 1.71. The van der Waals surface area contributed by atoms with Crippen molar-refractivity contribution in [3.63, 3.8) is 0 Å². The Bertz CT molecular complexity index is 890. The highest BCUT2D eigenvalue weighted by atomic mass is 16.6. The molecule has 2 amide bonds. The molecule has 0 saturated carbocycles. The molecular formula is C17H21N5O5. The number of amides is 2. The van der Waals surface area contributed by atoms with E-state index in [1.54, 1.807) is 25.6 Å². The maximum Gasteiger partial charge on any atom is 0.311 e. The number of anilines is 1. The van der Waals surface area contributed by atoms with Crippen LogP contribution < -0.4 is 15.4 Å². The number of nitrogens with one attached hydrogen (secondary N) is 2. The third-order valence-corrected chi connectivity index (χ3v) is 3.90. The van der Waals surface area contributed by atoms with Gasteiger partial charge in [-0.1, -0.05) is 0 Å². The molecule has 10 nitrogen and oxygen atoms in total. The SMILES string of the molecule is CCOc1ccc(C(=O)NCC(=O)Nc2c(C)nn(C)c2C)cc1[N+](=O)[O-]. The van der Waals surface area contributed by atoms with Gasteiger partial charge in [-0.3, -0.25) is 24.4 Å². The number of benzene rings is 1. The molecule has 0 atom stereocenters. The number of nitro benzene ring substituents is 1. The average Bonchev–Trinajstić information content (AvgIpc) is 2.86. The molecule has 0 fully saturated rings. The van der Waals surface area contributed by atoms with Gasteiger partial charge in [0.05, 0.1) is 35.2 Å². The van der Waals surface area contributed by atoms with Crippen LogP contribution in [0.15, 0.2) is 18.2 Å². The first-order valence-electron chi connectivity index (χ1n) is 8.24. The lowest BCUT2D eigenvalue weighted by Gasteiger charge is -2.09. The lowest BCUT2D eigenvalue weighted by molar-refractivity contribution is -0.385. The van der Waals surface area contributed by atoms with Gasteiger partial charge in [-0.15, -0.1) is 0 Å². The minimum absolute atomic E-state index is 0.0618. The van der Waals surface area contributed by atoms with Crippen molar-refractivity contribution < 1.29 is 19.2 Å². The Morgan fingerprint density at radius 3 is 2.59 bits per heavy atom. The molecule has 144 valence electrons. The lowest BCUT2D eigenvalue weighted by atomic mass is 10.1. The van der Waals surface area contributed by atoms with E-state index < -0.39 is 16.7 Å². The van der Waals surface area contributed by atoms with Crippen LogP contribution in [-0.4, -0.2) is 39.7 Å². The fraction of sp³-hybridized carbons (Fsp3) is 0.353. The minimum Gasteiger partial charge on any atom is -0.487 e. The van der Waals surface area contributed by atoms with Crippen LogP contribution in [0.4, 0.5) is 11.4 Å². The highest BCUT2D eigenvalue weighted by Gasteiger charge is 2.19. The van der Waals surface area contributed by atoms with Crippen LogP contribution in [0.2, 0.25) is 0 Å². The number of hydrogen-bond donors (Lipinski definition) is 2. The molecule has 10 heteroatoms. The summed E-state index contributed by atoms with van der Waals surface area (Å²) in [7, 11) is 1.76. The Kier molecular flexibility index (Phi) is 6.11. The van der Waals surface area contributed by atoms with E-state index in [1.165, 1.54) is 12.1 Å². The number of carbonyl (C=O) groups is 2. The molecule has 1 aromatic heterocycles. The van der Waals surface area contributed by atoms with Crippen LogP contribution in [0.5, 0.6) is 5.75 Å². The van der Waals surface area contributed by atoms with E-state index in [0.29, 0.717) is 11.4 Å². The molecule has 0 saturated heterocycles. The summed E-state index contributed by atoms with van der Waals surface area (Å²) in [6, 6.07) is 3.88. The molecule has 0 spiro atoms. The molecule has 0 aliphatic rings. The monoisotopic (exact) mass is 375 g/mol. The van der Waals surface area contributed by atoms with E-state index in [0.717, 1.165) is 11.8 Å². The van der Waals surface area contributed by atoms with Crippen LogP contribution >= 0.6 is 0 Å². The van der Waals surface area contributed by atoms with Crippen LogP contribution in [0.25, 0.3) is 0 Å². The van der Waals surface area contributed by atoms with Crippen molar-refractivity contribution in [3.8, 4) is 5.75 Å². The molecule has 0 unspecified atom stereocenters. The molecule has 2 N–H and O–H groups in total. The summed E-state index contributed by atoms with van der Waals surface area (Å²) in [6.07, 6.45) is 0. The second-order valence-electron chi connectivity index (χ2n) is 5.77. The maximum atomic E-state index is 12.2. The zero-order valence-electron chi connectivity index (χ0n) is 15.5. The summed E-state index contributed by atoms with van der Waals surface area (Å²) < 4.78 is 6.82. The number of carbonyl (C=O) groups excluding carboxylic acids is 2. The van der Waals surface area contributed by atoms with Gasteiger partial charge in [-0.2, -0.15) is 5.10 Å². The second kappa shape index (κ2) is 8.30. The number of hydrogen-bond acceptors (Lipinski definition) is 6. The number of ether oxygens (including phenoxy) is 1. The van der Waals surface area contributed by atoms with Gasteiger partial charge in [0, 0.05) is 18.7 Å².